The SMILES string of the molecule is CCCCCCC.[Li][CH2]C(C)C. The first-order chi connectivity index (χ1) is 5.68. The number of hydrogen-bond acceptors (Lipinski definition) is 0. The molecule has 0 nitrogen and oxygen atoms in total. The van der Waals surface area contributed by atoms with Crippen molar-refractivity contribution >= 4 is 17.7 Å². The summed E-state index contributed by atoms with van der Waals surface area (Å²) in [5.74, 6) is 0.884. The van der Waals surface area contributed by atoms with Gasteiger partial charge in [-0.1, -0.05) is 46.0 Å². The van der Waals surface area contributed by atoms with Gasteiger partial charge in [0.05, 0.1) is 0 Å². The van der Waals surface area contributed by atoms with E-state index < -0.39 is 0 Å². The average molecular weight is 164 g/mol. The first-order valence-corrected chi connectivity index (χ1v) is 5.68. The quantitative estimate of drug-likeness (QED) is 0.422. The fourth-order valence-electron chi connectivity index (χ4n) is 0.677. The predicted octanol–water partition coefficient (Wildman–Crippen LogP) is 4.21. The Morgan fingerprint density at radius 3 is 1.42 bits per heavy atom. The van der Waals surface area contributed by atoms with Gasteiger partial charge in [0.25, 0.3) is 0 Å². The summed E-state index contributed by atoms with van der Waals surface area (Å²) in [5, 5.41) is 1.31. The fraction of sp³-hybridized carbons (Fsp3) is 1.00. The molecular weight excluding hydrogens is 139 g/mol. The zero-order valence-electron chi connectivity index (χ0n) is 9.82. The number of unbranched alkanes of at least 4 members (excludes halogenated alkanes) is 4. The number of rotatable bonds is 5. The zero-order valence-corrected chi connectivity index (χ0v) is 9.82. The van der Waals surface area contributed by atoms with Gasteiger partial charge < -0.3 is 0 Å². The van der Waals surface area contributed by atoms with Crippen molar-refractivity contribution < 1.29 is 0 Å². The molecule has 1 heteroatoms. The molecule has 0 aromatic rings. The third kappa shape index (κ3) is 22.4. The molecule has 0 bridgehead atoms. The normalized spacial score (nSPS) is 9.58. The molecule has 0 aliphatic rings. The summed E-state index contributed by atoms with van der Waals surface area (Å²) in [7, 11) is 0. The Hall–Kier alpha value is 0.597. The molecule has 0 spiro atoms. The predicted molar refractivity (Wildman–Crippen MR) is 59.8 cm³/mol. The van der Waals surface area contributed by atoms with Gasteiger partial charge in [0.1, 0.15) is 0 Å². The van der Waals surface area contributed by atoms with Crippen molar-refractivity contribution in [3.63, 3.8) is 0 Å². The van der Waals surface area contributed by atoms with Gasteiger partial charge in [0, 0.05) is 0 Å². The second kappa shape index (κ2) is 14.1. The van der Waals surface area contributed by atoms with Crippen molar-refractivity contribution in [1.29, 1.82) is 0 Å². The van der Waals surface area contributed by atoms with E-state index in [0.29, 0.717) is 0 Å². The zero-order chi connectivity index (χ0) is 9.82. The van der Waals surface area contributed by atoms with E-state index in [4.69, 9.17) is 0 Å². The molecule has 12 heavy (non-hydrogen) atoms. The van der Waals surface area contributed by atoms with Crippen molar-refractivity contribution in [2.45, 2.75) is 64.9 Å². The van der Waals surface area contributed by atoms with E-state index in [-0.39, 0.29) is 0 Å². The molecule has 0 aliphatic heterocycles. The van der Waals surface area contributed by atoms with Crippen LogP contribution in [0.1, 0.15) is 59.8 Å². The molecule has 0 heterocycles. The molecule has 0 amide bonds. The van der Waals surface area contributed by atoms with Gasteiger partial charge in [-0.3, -0.25) is 0 Å². The van der Waals surface area contributed by atoms with Crippen molar-refractivity contribution in [2.75, 3.05) is 0 Å². The summed E-state index contributed by atoms with van der Waals surface area (Å²) in [4.78, 5) is 0. The van der Waals surface area contributed by atoms with Gasteiger partial charge >= 0.3 is 42.6 Å². The summed E-state index contributed by atoms with van der Waals surface area (Å²) in [5.41, 5.74) is 0. The van der Waals surface area contributed by atoms with Gasteiger partial charge in [-0.2, -0.15) is 0 Å². The third-order valence-electron chi connectivity index (χ3n) is 2.02. The Morgan fingerprint density at radius 1 is 0.917 bits per heavy atom. The second-order valence-corrected chi connectivity index (χ2v) is 3.86. The van der Waals surface area contributed by atoms with Crippen LogP contribution in [0, 0.1) is 5.92 Å². The van der Waals surface area contributed by atoms with Crippen LogP contribution in [-0.2, 0) is 0 Å². The van der Waals surface area contributed by atoms with Crippen LogP contribution in [0.2, 0.25) is 5.09 Å². The summed E-state index contributed by atoms with van der Waals surface area (Å²) in [6.07, 6.45) is 7.01. The first kappa shape index (κ1) is 15.1. The van der Waals surface area contributed by atoms with Gasteiger partial charge in [0.2, 0.25) is 0 Å². The van der Waals surface area contributed by atoms with Crippen molar-refractivity contribution in [1.82, 2.24) is 0 Å². The summed E-state index contributed by atoms with van der Waals surface area (Å²) in [6, 6.07) is 0. The molecule has 70 valence electrons. The molecule has 0 saturated carbocycles. The van der Waals surface area contributed by atoms with Gasteiger partial charge in [-0.15, -0.1) is 0 Å². The van der Waals surface area contributed by atoms with Crippen LogP contribution in [0.3, 0.4) is 0 Å². The minimum absolute atomic E-state index is 0.884. The molecule has 0 aromatic carbocycles. The van der Waals surface area contributed by atoms with E-state index in [1.165, 1.54) is 37.2 Å². The fourth-order valence-corrected chi connectivity index (χ4v) is 0.677. The van der Waals surface area contributed by atoms with Crippen molar-refractivity contribution in [3.8, 4) is 0 Å². The monoisotopic (exact) mass is 164 g/mol. The number of hydrogen-bond donors (Lipinski definition) is 0. The Labute approximate surface area is 88.7 Å². The molecule has 0 fully saturated rings. The molecule has 0 atom stereocenters. The summed E-state index contributed by atoms with van der Waals surface area (Å²) in [6.45, 7) is 8.94. The molecule has 0 N–H and O–H groups in total. The maximum atomic E-state index is 2.25. The van der Waals surface area contributed by atoms with Gasteiger partial charge in [0.15, 0.2) is 0 Å². The van der Waals surface area contributed by atoms with E-state index in [9.17, 15) is 0 Å². The Morgan fingerprint density at radius 2 is 1.25 bits per heavy atom. The molecule has 0 saturated heterocycles. The average Bonchev–Trinajstić information content (AvgIpc) is 2.07. The van der Waals surface area contributed by atoms with Crippen molar-refractivity contribution in [2.24, 2.45) is 5.92 Å². The maximum absolute atomic E-state index is 2.25. The molecule has 0 radical (unpaired) electrons. The standard InChI is InChI=1S/C7H16.C4H9.Li/c1-3-5-7-6-4-2;1-4(2)3;/h3-7H2,1-2H3;4H,1H2,2-3H3;. The van der Waals surface area contributed by atoms with E-state index in [1.54, 1.807) is 0 Å². The van der Waals surface area contributed by atoms with Crippen LogP contribution in [0.15, 0.2) is 0 Å². The second-order valence-electron chi connectivity index (χ2n) is 3.86. The molecule has 0 aromatic heterocycles. The van der Waals surface area contributed by atoms with Gasteiger partial charge in [-0.25, -0.2) is 0 Å². The molecular formula is C11H25Li. The van der Waals surface area contributed by atoms with E-state index >= 15 is 0 Å². The topological polar surface area (TPSA) is 0 Å². The van der Waals surface area contributed by atoms with Crippen molar-refractivity contribution in [3.05, 3.63) is 0 Å². The first-order valence-electron chi connectivity index (χ1n) is 5.68. The Balaban J connectivity index is 0. The molecule has 0 unspecified atom stereocenters. The minimum atomic E-state index is 0.884. The van der Waals surface area contributed by atoms with Crippen LogP contribution in [-0.4, -0.2) is 17.7 Å². The van der Waals surface area contributed by atoms with Crippen LogP contribution in [0.25, 0.3) is 0 Å². The van der Waals surface area contributed by atoms with E-state index in [1.807, 2.05) is 0 Å². The Kier molecular flexibility index (Phi) is 17.8. The van der Waals surface area contributed by atoms with Crippen LogP contribution in [0.4, 0.5) is 0 Å². The van der Waals surface area contributed by atoms with Crippen LogP contribution >= 0.6 is 0 Å². The molecule has 0 aliphatic carbocycles. The summed E-state index contributed by atoms with van der Waals surface area (Å²) < 4.78 is 0. The Bertz CT molecular complexity index is 56.0. The third-order valence-corrected chi connectivity index (χ3v) is 2.02. The molecule has 0 rings (SSSR count). The summed E-state index contributed by atoms with van der Waals surface area (Å²) >= 11 is 2.20. The van der Waals surface area contributed by atoms with Gasteiger partial charge in [-0.05, 0) is 0 Å². The van der Waals surface area contributed by atoms with E-state index in [2.05, 4.69) is 45.4 Å². The van der Waals surface area contributed by atoms with Crippen LogP contribution < -0.4 is 0 Å². The van der Waals surface area contributed by atoms with Crippen LogP contribution in [0.5, 0.6) is 0 Å². The van der Waals surface area contributed by atoms with E-state index in [0.717, 1.165) is 5.92 Å².